The molecule has 1 aromatic carbocycles. The van der Waals surface area contributed by atoms with Crippen molar-refractivity contribution in [1.29, 1.82) is 0 Å². The summed E-state index contributed by atoms with van der Waals surface area (Å²) in [7, 11) is 0. The number of ether oxygens (including phenoxy) is 2. The van der Waals surface area contributed by atoms with Gasteiger partial charge in [-0.2, -0.15) is 0 Å². The number of benzene rings is 1. The van der Waals surface area contributed by atoms with E-state index in [4.69, 9.17) is 15.2 Å². The van der Waals surface area contributed by atoms with Crippen LogP contribution in [-0.2, 0) is 4.74 Å². The molecule has 0 aliphatic carbocycles. The molecule has 0 fully saturated rings. The Hall–Kier alpha value is -1.02. The molecule has 6 heteroatoms. The first-order chi connectivity index (χ1) is 10.5. The molecule has 1 aromatic rings. The second-order valence-corrected chi connectivity index (χ2v) is 5.91. The van der Waals surface area contributed by atoms with Gasteiger partial charge < -0.3 is 20.5 Å². The lowest BCUT2D eigenvalue weighted by atomic mass is 10.2. The van der Waals surface area contributed by atoms with Crippen molar-refractivity contribution in [2.75, 3.05) is 25.1 Å². The van der Waals surface area contributed by atoms with Crippen LogP contribution in [0.5, 0.6) is 5.75 Å². The standard InChI is InChI=1S/C17H29N3O2.HI/c1-13(2)12-21-11-5-10-19-17(18)20-15-6-8-16(9-7-15)22-14(3)4;/h6-9,13-14H,5,10-12H2,1-4H3,(H3,18,19,20);1H. The van der Waals surface area contributed by atoms with Crippen LogP contribution in [0.25, 0.3) is 0 Å². The molecule has 0 spiro atoms. The van der Waals surface area contributed by atoms with Gasteiger partial charge in [0.05, 0.1) is 6.10 Å². The highest BCUT2D eigenvalue weighted by molar-refractivity contribution is 14.0. The van der Waals surface area contributed by atoms with E-state index in [1.165, 1.54) is 0 Å². The summed E-state index contributed by atoms with van der Waals surface area (Å²) in [6, 6.07) is 7.67. The zero-order chi connectivity index (χ0) is 16.4. The molecule has 0 aliphatic heterocycles. The van der Waals surface area contributed by atoms with E-state index in [0.29, 0.717) is 18.4 Å². The Morgan fingerprint density at radius 3 is 2.39 bits per heavy atom. The Kier molecular flexibility index (Phi) is 11.9. The molecule has 0 radical (unpaired) electrons. The molecule has 0 aliphatic rings. The second-order valence-electron chi connectivity index (χ2n) is 5.91. The molecular weight excluding hydrogens is 405 g/mol. The van der Waals surface area contributed by atoms with Gasteiger partial charge in [-0.05, 0) is 50.5 Å². The van der Waals surface area contributed by atoms with Crippen molar-refractivity contribution in [2.24, 2.45) is 16.6 Å². The molecule has 0 heterocycles. The third kappa shape index (κ3) is 11.2. The van der Waals surface area contributed by atoms with Gasteiger partial charge in [0.1, 0.15) is 5.75 Å². The number of hydrogen-bond acceptors (Lipinski definition) is 3. The van der Waals surface area contributed by atoms with Crippen LogP contribution in [0, 0.1) is 5.92 Å². The topological polar surface area (TPSA) is 68.9 Å². The van der Waals surface area contributed by atoms with Crippen molar-refractivity contribution in [3.8, 4) is 5.75 Å². The fourth-order valence-corrected chi connectivity index (χ4v) is 1.76. The molecule has 5 nitrogen and oxygen atoms in total. The summed E-state index contributed by atoms with van der Waals surface area (Å²) < 4.78 is 11.1. The monoisotopic (exact) mass is 435 g/mol. The molecule has 0 saturated heterocycles. The van der Waals surface area contributed by atoms with Gasteiger partial charge in [-0.3, -0.25) is 4.99 Å². The second kappa shape index (κ2) is 12.4. The third-order valence-electron chi connectivity index (χ3n) is 2.68. The SMILES string of the molecule is CC(C)COCCCN=C(N)Nc1ccc(OC(C)C)cc1.I. The summed E-state index contributed by atoms with van der Waals surface area (Å²) in [6.45, 7) is 10.4. The van der Waals surface area contributed by atoms with Crippen LogP contribution in [0.4, 0.5) is 5.69 Å². The summed E-state index contributed by atoms with van der Waals surface area (Å²) in [4.78, 5) is 4.28. The van der Waals surface area contributed by atoms with Gasteiger partial charge in [0.25, 0.3) is 0 Å². The number of guanidine groups is 1. The van der Waals surface area contributed by atoms with E-state index in [1.54, 1.807) is 0 Å². The van der Waals surface area contributed by atoms with E-state index >= 15 is 0 Å². The van der Waals surface area contributed by atoms with Gasteiger partial charge in [0.15, 0.2) is 5.96 Å². The minimum Gasteiger partial charge on any atom is -0.491 e. The van der Waals surface area contributed by atoms with Crippen molar-refractivity contribution in [1.82, 2.24) is 0 Å². The molecule has 23 heavy (non-hydrogen) atoms. The zero-order valence-electron chi connectivity index (χ0n) is 14.5. The summed E-state index contributed by atoms with van der Waals surface area (Å²) >= 11 is 0. The van der Waals surface area contributed by atoms with Gasteiger partial charge in [-0.15, -0.1) is 24.0 Å². The molecule has 3 N–H and O–H groups in total. The highest BCUT2D eigenvalue weighted by Gasteiger charge is 1.99. The van der Waals surface area contributed by atoms with Crippen molar-refractivity contribution in [2.45, 2.75) is 40.2 Å². The van der Waals surface area contributed by atoms with Crippen LogP contribution in [0.2, 0.25) is 0 Å². The lowest BCUT2D eigenvalue weighted by Gasteiger charge is -2.11. The maximum absolute atomic E-state index is 5.85. The predicted molar refractivity (Wildman–Crippen MR) is 108 cm³/mol. The fraction of sp³-hybridized carbons (Fsp3) is 0.588. The zero-order valence-corrected chi connectivity index (χ0v) is 16.9. The Bertz CT molecular complexity index is 448. The largest absolute Gasteiger partial charge is 0.491 e. The first-order valence-corrected chi connectivity index (χ1v) is 7.88. The van der Waals surface area contributed by atoms with E-state index in [1.807, 2.05) is 38.1 Å². The summed E-state index contributed by atoms with van der Waals surface area (Å²) in [5.41, 5.74) is 6.75. The number of halogens is 1. The first-order valence-electron chi connectivity index (χ1n) is 7.88. The summed E-state index contributed by atoms with van der Waals surface area (Å²) in [5, 5.41) is 3.06. The number of anilines is 1. The number of hydrogen-bond donors (Lipinski definition) is 2. The van der Waals surface area contributed by atoms with Gasteiger partial charge in [0.2, 0.25) is 0 Å². The lowest BCUT2D eigenvalue weighted by molar-refractivity contribution is 0.109. The van der Waals surface area contributed by atoms with Crippen LogP contribution < -0.4 is 15.8 Å². The number of nitrogens with zero attached hydrogens (tertiary/aromatic N) is 1. The van der Waals surface area contributed by atoms with Crippen LogP contribution in [0.15, 0.2) is 29.3 Å². The molecule has 132 valence electrons. The third-order valence-corrected chi connectivity index (χ3v) is 2.68. The van der Waals surface area contributed by atoms with Crippen molar-refractivity contribution in [3.63, 3.8) is 0 Å². The van der Waals surface area contributed by atoms with Crippen LogP contribution in [-0.4, -0.2) is 31.8 Å². The Morgan fingerprint density at radius 1 is 1.17 bits per heavy atom. The van der Waals surface area contributed by atoms with Crippen molar-refractivity contribution in [3.05, 3.63) is 24.3 Å². The van der Waals surface area contributed by atoms with Gasteiger partial charge in [0, 0.05) is 25.4 Å². The molecule has 0 bridgehead atoms. The summed E-state index contributed by atoms with van der Waals surface area (Å²) in [5.74, 6) is 1.83. The number of nitrogens with one attached hydrogen (secondary N) is 1. The molecule has 0 unspecified atom stereocenters. The normalized spacial score (nSPS) is 11.5. The molecule has 0 saturated carbocycles. The highest BCUT2D eigenvalue weighted by Crippen LogP contribution is 2.16. The van der Waals surface area contributed by atoms with Crippen LogP contribution >= 0.6 is 24.0 Å². The predicted octanol–water partition coefficient (Wildman–Crippen LogP) is 3.88. The fourth-order valence-electron chi connectivity index (χ4n) is 1.76. The highest BCUT2D eigenvalue weighted by atomic mass is 127. The van der Waals surface area contributed by atoms with E-state index in [2.05, 4.69) is 24.2 Å². The average Bonchev–Trinajstić information content (AvgIpc) is 2.44. The summed E-state index contributed by atoms with van der Waals surface area (Å²) in [6.07, 6.45) is 1.04. The van der Waals surface area contributed by atoms with E-state index in [9.17, 15) is 0 Å². The van der Waals surface area contributed by atoms with Gasteiger partial charge in [-0.25, -0.2) is 0 Å². The first kappa shape index (κ1) is 22.0. The average molecular weight is 435 g/mol. The quantitative estimate of drug-likeness (QED) is 0.267. The van der Waals surface area contributed by atoms with E-state index in [-0.39, 0.29) is 30.1 Å². The molecule has 1 rings (SSSR count). The molecular formula is C17H30IN3O2. The van der Waals surface area contributed by atoms with Gasteiger partial charge >= 0.3 is 0 Å². The van der Waals surface area contributed by atoms with E-state index in [0.717, 1.165) is 31.1 Å². The number of rotatable bonds is 9. The number of aliphatic imine (C=N–C) groups is 1. The number of nitrogens with two attached hydrogens (primary N) is 1. The van der Waals surface area contributed by atoms with E-state index < -0.39 is 0 Å². The molecule has 0 atom stereocenters. The van der Waals surface area contributed by atoms with Crippen molar-refractivity contribution < 1.29 is 9.47 Å². The maximum atomic E-state index is 5.85. The van der Waals surface area contributed by atoms with Crippen molar-refractivity contribution >= 4 is 35.6 Å². The molecule has 0 aromatic heterocycles. The Labute approximate surface area is 157 Å². The minimum atomic E-state index is 0. The van der Waals surface area contributed by atoms with Crippen LogP contribution in [0.1, 0.15) is 34.1 Å². The minimum absolute atomic E-state index is 0. The lowest BCUT2D eigenvalue weighted by Crippen LogP contribution is -2.23. The maximum Gasteiger partial charge on any atom is 0.193 e. The Balaban J connectivity index is 0.00000484. The smallest absolute Gasteiger partial charge is 0.193 e. The van der Waals surface area contributed by atoms with Crippen LogP contribution in [0.3, 0.4) is 0 Å². The Morgan fingerprint density at radius 2 is 1.83 bits per heavy atom. The molecule has 0 amide bonds. The van der Waals surface area contributed by atoms with Gasteiger partial charge in [-0.1, -0.05) is 13.8 Å².